The third kappa shape index (κ3) is 0.897. The van der Waals surface area contributed by atoms with Gasteiger partial charge >= 0.3 is 0 Å². The van der Waals surface area contributed by atoms with E-state index in [4.69, 9.17) is 0 Å². The Hall–Kier alpha value is -0.920. The van der Waals surface area contributed by atoms with Gasteiger partial charge in [0.1, 0.15) is 5.84 Å². The van der Waals surface area contributed by atoms with Crippen LogP contribution in [0.3, 0.4) is 0 Å². The smallest absolute Gasteiger partial charge is 0.131 e. The molecule has 1 atom stereocenters. The van der Waals surface area contributed by atoms with Gasteiger partial charge in [-0.15, -0.1) is 0 Å². The van der Waals surface area contributed by atoms with Gasteiger partial charge in [-0.2, -0.15) is 0 Å². The van der Waals surface area contributed by atoms with Crippen LogP contribution in [0.2, 0.25) is 0 Å². The Bertz CT molecular complexity index is 213. The summed E-state index contributed by atoms with van der Waals surface area (Å²) in [5.74, 6) is 1.66. The van der Waals surface area contributed by atoms with Gasteiger partial charge < -0.3 is 0 Å². The first-order valence-corrected chi connectivity index (χ1v) is 3.72. The number of rotatable bonds is 0. The van der Waals surface area contributed by atoms with E-state index in [1.54, 1.807) is 0 Å². The van der Waals surface area contributed by atoms with Crippen LogP contribution in [0, 0.1) is 5.92 Å². The summed E-state index contributed by atoms with van der Waals surface area (Å²) in [6.07, 6.45) is 9.43. The van der Waals surface area contributed by atoms with Gasteiger partial charge in [0.15, 0.2) is 0 Å². The summed E-state index contributed by atoms with van der Waals surface area (Å²) in [4.78, 5) is 8.41. The Labute approximate surface area is 60.4 Å². The van der Waals surface area contributed by atoms with E-state index in [1.807, 2.05) is 12.4 Å². The average Bonchev–Trinajstić information content (AvgIpc) is 2.05. The fourth-order valence-electron chi connectivity index (χ4n) is 1.38. The fraction of sp³-hybridized carbons (Fsp3) is 0.500. The third-order valence-corrected chi connectivity index (χ3v) is 1.97. The molecule has 2 rings (SSSR count). The second-order valence-corrected chi connectivity index (χ2v) is 2.69. The van der Waals surface area contributed by atoms with Gasteiger partial charge in [-0.05, 0) is 19.3 Å². The molecule has 0 aromatic rings. The Morgan fingerprint density at radius 1 is 1.50 bits per heavy atom. The number of hydrogen-bond donors (Lipinski definition) is 0. The van der Waals surface area contributed by atoms with Crippen molar-refractivity contribution in [3.8, 4) is 0 Å². The van der Waals surface area contributed by atoms with Gasteiger partial charge in [-0.3, -0.25) is 0 Å². The summed E-state index contributed by atoms with van der Waals surface area (Å²) in [5, 5.41) is 0. The zero-order valence-corrected chi connectivity index (χ0v) is 5.83. The number of nitrogens with zero attached hydrogens (tertiary/aromatic N) is 2. The molecule has 0 spiro atoms. The first-order valence-electron chi connectivity index (χ1n) is 3.72. The number of aliphatic imine (C=N–C) groups is 2. The van der Waals surface area contributed by atoms with E-state index in [0.717, 1.165) is 18.7 Å². The summed E-state index contributed by atoms with van der Waals surface area (Å²) >= 11 is 0. The van der Waals surface area contributed by atoms with Crippen LogP contribution in [0.25, 0.3) is 0 Å². The minimum atomic E-state index is 0.620. The topological polar surface area (TPSA) is 24.7 Å². The maximum absolute atomic E-state index is 4.23. The maximum Gasteiger partial charge on any atom is 0.131 e. The van der Waals surface area contributed by atoms with Crippen molar-refractivity contribution in [3.05, 3.63) is 12.3 Å². The molecule has 0 radical (unpaired) electrons. The van der Waals surface area contributed by atoms with E-state index in [2.05, 4.69) is 16.1 Å². The summed E-state index contributed by atoms with van der Waals surface area (Å²) in [7, 11) is 0. The SMILES string of the molecule is C1=CN=C2N=CCCC2C1. The highest BCUT2D eigenvalue weighted by Crippen LogP contribution is 2.21. The number of amidine groups is 1. The molecule has 52 valence electrons. The molecular formula is C8H10N2. The Kier molecular flexibility index (Phi) is 1.38. The molecule has 1 unspecified atom stereocenters. The summed E-state index contributed by atoms with van der Waals surface area (Å²) in [6, 6.07) is 0. The van der Waals surface area contributed by atoms with E-state index < -0.39 is 0 Å². The number of fused-ring (bicyclic) bond motifs is 1. The van der Waals surface area contributed by atoms with Crippen molar-refractivity contribution in [2.75, 3.05) is 0 Å². The zero-order chi connectivity index (χ0) is 6.81. The molecule has 2 heteroatoms. The van der Waals surface area contributed by atoms with Gasteiger partial charge in [0, 0.05) is 18.3 Å². The lowest BCUT2D eigenvalue weighted by Gasteiger charge is -2.18. The monoisotopic (exact) mass is 134 g/mol. The maximum atomic E-state index is 4.23. The van der Waals surface area contributed by atoms with Crippen LogP contribution < -0.4 is 0 Å². The molecule has 0 aromatic carbocycles. The zero-order valence-electron chi connectivity index (χ0n) is 5.83. The van der Waals surface area contributed by atoms with Crippen molar-refractivity contribution in [2.24, 2.45) is 15.9 Å². The third-order valence-electron chi connectivity index (χ3n) is 1.97. The van der Waals surface area contributed by atoms with E-state index in [1.165, 1.54) is 6.42 Å². The lowest BCUT2D eigenvalue weighted by atomic mass is 9.95. The molecule has 2 aliphatic rings. The molecule has 10 heavy (non-hydrogen) atoms. The van der Waals surface area contributed by atoms with E-state index in [9.17, 15) is 0 Å². The molecule has 0 bridgehead atoms. The summed E-state index contributed by atoms with van der Waals surface area (Å²) in [5.41, 5.74) is 0. The number of hydrogen-bond acceptors (Lipinski definition) is 2. The molecule has 2 aliphatic heterocycles. The molecule has 2 heterocycles. The summed E-state index contributed by atoms with van der Waals surface area (Å²) < 4.78 is 0. The fourth-order valence-corrected chi connectivity index (χ4v) is 1.38. The first kappa shape index (κ1) is 5.83. The minimum Gasteiger partial charge on any atom is -0.245 e. The van der Waals surface area contributed by atoms with Crippen LogP contribution in [-0.2, 0) is 0 Å². The van der Waals surface area contributed by atoms with Crippen molar-refractivity contribution in [1.82, 2.24) is 0 Å². The van der Waals surface area contributed by atoms with E-state index in [-0.39, 0.29) is 0 Å². The molecule has 0 fully saturated rings. The summed E-state index contributed by atoms with van der Waals surface area (Å²) in [6.45, 7) is 0. The molecule has 0 aromatic heterocycles. The van der Waals surface area contributed by atoms with Crippen molar-refractivity contribution >= 4 is 12.1 Å². The highest BCUT2D eigenvalue weighted by molar-refractivity contribution is 5.94. The average molecular weight is 134 g/mol. The van der Waals surface area contributed by atoms with Gasteiger partial charge in [-0.25, -0.2) is 9.98 Å². The van der Waals surface area contributed by atoms with Crippen LogP contribution in [-0.4, -0.2) is 12.1 Å². The molecule has 0 saturated heterocycles. The van der Waals surface area contributed by atoms with E-state index in [0.29, 0.717) is 5.92 Å². The van der Waals surface area contributed by atoms with Gasteiger partial charge in [-0.1, -0.05) is 6.08 Å². The standard InChI is InChI=1S/C8H10N2/c1-3-7-4-2-6-10-8(7)9-5-1/h1,5-7H,2-4H2. The van der Waals surface area contributed by atoms with Crippen LogP contribution in [0.1, 0.15) is 19.3 Å². The molecule has 2 nitrogen and oxygen atoms in total. The normalized spacial score (nSPS) is 29.6. The van der Waals surface area contributed by atoms with Crippen molar-refractivity contribution < 1.29 is 0 Å². The van der Waals surface area contributed by atoms with Gasteiger partial charge in [0.25, 0.3) is 0 Å². The van der Waals surface area contributed by atoms with E-state index >= 15 is 0 Å². The van der Waals surface area contributed by atoms with Gasteiger partial charge in [0.2, 0.25) is 0 Å². The molecule has 0 N–H and O–H groups in total. The van der Waals surface area contributed by atoms with Crippen molar-refractivity contribution in [3.63, 3.8) is 0 Å². The predicted octanol–water partition coefficient (Wildman–Crippen LogP) is 1.78. The van der Waals surface area contributed by atoms with Crippen molar-refractivity contribution in [2.45, 2.75) is 19.3 Å². The lowest BCUT2D eigenvalue weighted by Crippen LogP contribution is -2.17. The molecule has 0 aliphatic carbocycles. The molecular weight excluding hydrogens is 124 g/mol. The second kappa shape index (κ2) is 2.37. The van der Waals surface area contributed by atoms with Crippen LogP contribution >= 0.6 is 0 Å². The van der Waals surface area contributed by atoms with Crippen LogP contribution in [0.4, 0.5) is 0 Å². The largest absolute Gasteiger partial charge is 0.245 e. The van der Waals surface area contributed by atoms with Crippen LogP contribution in [0.5, 0.6) is 0 Å². The predicted molar refractivity (Wildman–Crippen MR) is 42.4 cm³/mol. The first-order chi connectivity index (χ1) is 4.97. The highest BCUT2D eigenvalue weighted by atomic mass is 14.9. The molecule has 0 amide bonds. The molecule has 0 saturated carbocycles. The highest BCUT2D eigenvalue weighted by Gasteiger charge is 2.17. The minimum absolute atomic E-state index is 0.620. The Balaban J connectivity index is 2.27. The Morgan fingerprint density at radius 2 is 2.50 bits per heavy atom. The second-order valence-electron chi connectivity index (χ2n) is 2.69. The van der Waals surface area contributed by atoms with Crippen LogP contribution in [0.15, 0.2) is 22.3 Å². The quantitative estimate of drug-likeness (QED) is 0.482. The number of allylic oxidation sites excluding steroid dienone is 1. The van der Waals surface area contributed by atoms with Gasteiger partial charge in [0.05, 0.1) is 0 Å². The Morgan fingerprint density at radius 3 is 3.40 bits per heavy atom. The lowest BCUT2D eigenvalue weighted by molar-refractivity contribution is 0.632. The van der Waals surface area contributed by atoms with Crippen molar-refractivity contribution in [1.29, 1.82) is 0 Å².